The number of benzene rings is 1. The Labute approximate surface area is 167 Å². The van der Waals surface area contributed by atoms with Crippen LogP contribution in [0.25, 0.3) is 0 Å². The van der Waals surface area contributed by atoms with Crippen molar-refractivity contribution in [3.8, 4) is 0 Å². The van der Waals surface area contributed by atoms with Gasteiger partial charge in [0.05, 0.1) is 5.56 Å². The van der Waals surface area contributed by atoms with Gasteiger partial charge in [-0.25, -0.2) is 4.98 Å². The Bertz CT molecular complexity index is 829. The second-order valence-corrected chi connectivity index (χ2v) is 8.07. The molecule has 1 aliphatic carbocycles. The highest BCUT2D eigenvalue weighted by Crippen LogP contribution is 2.27. The van der Waals surface area contributed by atoms with Gasteiger partial charge in [0, 0.05) is 46.0 Å². The maximum atomic E-state index is 12.7. The fourth-order valence-electron chi connectivity index (χ4n) is 4.25. The van der Waals surface area contributed by atoms with Gasteiger partial charge in [-0.05, 0) is 54.5 Å². The van der Waals surface area contributed by atoms with Gasteiger partial charge in [0.15, 0.2) is 0 Å². The highest BCUT2D eigenvalue weighted by Gasteiger charge is 2.26. The molecule has 2 aromatic rings. The van der Waals surface area contributed by atoms with Gasteiger partial charge in [-0.1, -0.05) is 24.6 Å². The normalized spacial score (nSPS) is 17.4. The minimum absolute atomic E-state index is 0.00116. The summed E-state index contributed by atoms with van der Waals surface area (Å²) in [6, 6.07) is 11.2. The predicted molar refractivity (Wildman–Crippen MR) is 113 cm³/mol. The lowest BCUT2D eigenvalue weighted by molar-refractivity contribution is 0.0784. The first-order chi connectivity index (χ1) is 13.6. The van der Waals surface area contributed by atoms with Crippen molar-refractivity contribution in [2.24, 2.45) is 0 Å². The van der Waals surface area contributed by atoms with Crippen LogP contribution >= 0.6 is 0 Å². The Hall–Kier alpha value is -2.40. The number of nitrogens with zero attached hydrogens (tertiary/aromatic N) is 3. The number of amides is 1. The van der Waals surface area contributed by atoms with E-state index in [0.717, 1.165) is 24.7 Å². The smallest absolute Gasteiger partial charge is 0.255 e. The van der Waals surface area contributed by atoms with E-state index in [1.807, 2.05) is 26.2 Å². The van der Waals surface area contributed by atoms with E-state index in [1.165, 1.54) is 49.0 Å². The van der Waals surface area contributed by atoms with Crippen LogP contribution in [-0.4, -0.2) is 53.9 Å². The minimum Gasteiger partial charge on any atom is -0.373 e. The Morgan fingerprint density at radius 3 is 2.61 bits per heavy atom. The lowest BCUT2D eigenvalue weighted by Crippen LogP contribution is -2.41. The summed E-state index contributed by atoms with van der Waals surface area (Å²) in [5.41, 5.74) is 4.76. The third kappa shape index (κ3) is 4.04. The largest absolute Gasteiger partial charge is 0.373 e. The van der Waals surface area contributed by atoms with Crippen LogP contribution in [0, 0.1) is 0 Å². The van der Waals surface area contributed by atoms with Crippen LogP contribution in [0.1, 0.15) is 46.3 Å². The number of pyridine rings is 1. The van der Waals surface area contributed by atoms with Crippen LogP contribution in [-0.2, 0) is 19.4 Å². The van der Waals surface area contributed by atoms with E-state index in [4.69, 9.17) is 0 Å². The highest BCUT2D eigenvalue weighted by atomic mass is 16.2. The topological polar surface area (TPSA) is 48.5 Å². The van der Waals surface area contributed by atoms with Gasteiger partial charge >= 0.3 is 0 Å². The van der Waals surface area contributed by atoms with Gasteiger partial charge in [0.2, 0.25) is 0 Å². The number of anilines is 1. The molecular weight excluding hydrogens is 348 g/mol. The fraction of sp³-hybridized carbons (Fsp3) is 0.478. The maximum Gasteiger partial charge on any atom is 0.255 e. The molecule has 4 rings (SSSR count). The molecular formula is C23H30N4O. The number of aromatic nitrogens is 1. The molecule has 1 fully saturated rings. The number of carbonyl (C=O) groups is 1. The van der Waals surface area contributed by atoms with E-state index in [-0.39, 0.29) is 5.91 Å². The summed E-state index contributed by atoms with van der Waals surface area (Å²) in [5.74, 6) is 0.766. The lowest BCUT2D eigenvalue weighted by Gasteiger charge is -2.36. The van der Waals surface area contributed by atoms with Gasteiger partial charge in [-0.3, -0.25) is 9.69 Å². The first-order valence-corrected chi connectivity index (χ1v) is 10.4. The molecule has 0 spiro atoms. The number of hydrogen-bond donors (Lipinski definition) is 1. The standard InChI is InChI=1S/C23H30N4O/c1-24-22-9-8-20(15-25-22)23(28)26(2)16-17-6-7-18-10-12-27(21-4-3-5-21)13-11-19(18)14-17/h6-9,14-15,21H,3-5,10-13,16H2,1-2H3,(H,24,25). The molecule has 148 valence electrons. The van der Waals surface area contributed by atoms with Gasteiger partial charge in [-0.15, -0.1) is 0 Å². The minimum atomic E-state index is 0.00116. The van der Waals surface area contributed by atoms with Gasteiger partial charge in [-0.2, -0.15) is 0 Å². The Kier molecular flexibility index (Phi) is 5.62. The van der Waals surface area contributed by atoms with Crippen molar-refractivity contribution >= 4 is 11.7 Å². The molecule has 1 aromatic heterocycles. The molecule has 0 bridgehead atoms. The van der Waals surface area contributed by atoms with Crippen LogP contribution < -0.4 is 5.32 Å². The molecule has 5 heteroatoms. The van der Waals surface area contributed by atoms with Gasteiger partial charge in [0.25, 0.3) is 5.91 Å². The number of nitrogens with one attached hydrogen (secondary N) is 1. The predicted octanol–water partition coefficient (Wildman–Crippen LogP) is 3.35. The van der Waals surface area contributed by atoms with Crippen molar-refractivity contribution in [1.29, 1.82) is 0 Å². The van der Waals surface area contributed by atoms with Crippen LogP contribution in [0.3, 0.4) is 0 Å². The number of fused-ring (bicyclic) bond motifs is 1. The van der Waals surface area contributed by atoms with E-state index in [9.17, 15) is 4.79 Å². The fourth-order valence-corrected chi connectivity index (χ4v) is 4.25. The molecule has 1 N–H and O–H groups in total. The van der Waals surface area contributed by atoms with Crippen molar-refractivity contribution in [3.05, 3.63) is 58.8 Å². The summed E-state index contributed by atoms with van der Waals surface area (Å²) in [6.07, 6.45) is 8.04. The number of carbonyl (C=O) groups excluding carboxylic acids is 1. The van der Waals surface area contributed by atoms with E-state index in [0.29, 0.717) is 12.1 Å². The van der Waals surface area contributed by atoms with Gasteiger partial charge in [0.1, 0.15) is 5.82 Å². The van der Waals surface area contributed by atoms with Crippen LogP contribution in [0.4, 0.5) is 5.82 Å². The van der Waals surface area contributed by atoms with E-state index in [1.54, 1.807) is 11.1 Å². The monoisotopic (exact) mass is 378 g/mol. The first-order valence-electron chi connectivity index (χ1n) is 10.4. The third-order valence-electron chi connectivity index (χ3n) is 6.23. The summed E-state index contributed by atoms with van der Waals surface area (Å²) < 4.78 is 0. The number of rotatable bonds is 5. The molecule has 2 aliphatic rings. The molecule has 0 saturated heterocycles. The molecule has 28 heavy (non-hydrogen) atoms. The second-order valence-electron chi connectivity index (χ2n) is 8.07. The summed E-state index contributed by atoms with van der Waals surface area (Å²) in [4.78, 5) is 21.4. The average Bonchev–Trinajstić information content (AvgIpc) is 2.88. The Balaban J connectivity index is 1.41. The Morgan fingerprint density at radius 1 is 1.18 bits per heavy atom. The van der Waals surface area contributed by atoms with Crippen molar-refractivity contribution in [3.63, 3.8) is 0 Å². The summed E-state index contributed by atoms with van der Waals surface area (Å²) in [6.45, 7) is 2.97. The van der Waals surface area contributed by atoms with Crippen LogP contribution in [0.5, 0.6) is 0 Å². The van der Waals surface area contributed by atoms with Crippen LogP contribution in [0.2, 0.25) is 0 Å². The van der Waals surface area contributed by atoms with Crippen molar-refractivity contribution < 1.29 is 4.79 Å². The quantitative estimate of drug-likeness (QED) is 0.867. The molecule has 0 radical (unpaired) electrons. The molecule has 2 heterocycles. The van der Waals surface area contributed by atoms with Crippen molar-refractivity contribution in [1.82, 2.24) is 14.8 Å². The average molecular weight is 379 g/mol. The van der Waals surface area contributed by atoms with E-state index in [2.05, 4.69) is 33.4 Å². The summed E-state index contributed by atoms with van der Waals surface area (Å²) in [5, 5.41) is 2.97. The lowest BCUT2D eigenvalue weighted by atomic mass is 9.91. The summed E-state index contributed by atoms with van der Waals surface area (Å²) >= 11 is 0. The molecule has 1 aromatic carbocycles. The zero-order valence-electron chi connectivity index (χ0n) is 16.9. The molecule has 5 nitrogen and oxygen atoms in total. The van der Waals surface area contributed by atoms with E-state index < -0.39 is 0 Å². The first kappa shape index (κ1) is 18.9. The Morgan fingerprint density at radius 2 is 1.96 bits per heavy atom. The van der Waals surface area contributed by atoms with Crippen molar-refractivity contribution in [2.75, 3.05) is 32.5 Å². The van der Waals surface area contributed by atoms with E-state index >= 15 is 0 Å². The molecule has 0 unspecified atom stereocenters. The zero-order chi connectivity index (χ0) is 19.5. The summed E-state index contributed by atoms with van der Waals surface area (Å²) in [7, 11) is 3.68. The molecule has 1 saturated carbocycles. The number of hydrogen-bond acceptors (Lipinski definition) is 4. The molecule has 1 aliphatic heterocycles. The SMILES string of the molecule is CNc1ccc(C(=O)N(C)Cc2ccc3c(c2)CCN(C2CCC2)CC3)cn1. The molecule has 0 atom stereocenters. The van der Waals surface area contributed by atoms with Crippen LogP contribution in [0.15, 0.2) is 36.5 Å². The second kappa shape index (κ2) is 8.31. The van der Waals surface area contributed by atoms with Crippen molar-refractivity contribution in [2.45, 2.75) is 44.7 Å². The third-order valence-corrected chi connectivity index (χ3v) is 6.23. The zero-order valence-corrected chi connectivity index (χ0v) is 16.9. The highest BCUT2D eigenvalue weighted by molar-refractivity contribution is 5.93. The molecule has 1 amide bonds. The maximum absolute atomic E-state index is 12.7. The van der Waals surface area contributed by atoms with Gasteiger partial charge < -0.3 is 10.2 Å².